The molecule has 4 aromatic rings. The van der Waals surface area contributed by atoms with Gasteiger partial charge >= 0.3 is 0 Å². The number of hydrogen-bond donors (Lipinski definition) is 1. The molecule has 0 saturated heterocycles. The molecule has 0 aliphatic rings. The van der Waals surface area contributed by atoms with E-state index in [1.807, 2.05) is 18.2 Å². The topological polar surface area (TPSA) is 96.0 Å². The quantitative estimate of drug-likeness (QED) is 0.190. The molecule has 2 amide bonds. The Morgan fingerprint density at radius 1 is 0.860 bits per heavy atom. The minimum Gasteiger partial charge on any atom is -0.457 e. The van der Waals surface area contributed by atoms with Gasteiger partial charge in [0.2, 0.25) is 11.8 Å². The smallest absolute Gasteiger partial charge is 0.264 e. The summed E-state index contributed by atoms with van der Waals surface area (Å²) in [6, 6.07) is 27.4. The van der Waals surface area contributed by atoms with Crippen LogP contribution in [-0.4, -0.2) is 44.8 Å². The average Bonchev–Trinajstić information content (AvgIpc) is 3.02. The maximum Gasteiger partial charge on any atom is 0.264 e. The molecular weight excluding hydrogens is 609 g/mol. The van der Waals surface area contributed by atoms with Crippen LogP contribution in [0.1, 0.15) is 18.9 Å². The van der Waals surface area contributed by atoms with Crippen LogP contribution in [0.2, 0.25) is 10.0 Å². The number of nitrogens with zero attached hydrogens (tertiary/aromatic N) is 2. The second kappa shape index (κ2) is 14.4. The van der Waals surface area contributed by atoms with Crippen molar-refractivity contribution in [2.75, 3.05) is 17.9 Å². The van der Waals surface area contributed by atoms with Crippen molar-refractivity contribution >= 4 is 50.7 Å². The van der Waals surface area contributed by atoms with E-state index in [4.69, 9.17) is 27.9 Å². The van der Waals surface area contributed by atoms with Gasteiger partial charge in [0.25, 0.3) is 10.0 Å². The second-order valence-corrected chi connectivity index (χ2v) is 12.2. The van der Waals surface area contributed by atoms with Crippen LogP contribution in [0.3, 0.4) is 0 Å². The van der Waals surface area contributed by atoms with Gasteiger partial charge in [-0.2, -0.15) is 0 Å². The number of para-hydroxylation sites is 1. The molecule has 11 heteroatoms. The van der Waals surface area contributed by atoms with Gasteiger partial charge < -0.3 is 15.0 Å². The molecule has 0 aromatic heterocycles. The van der Waals surface area contributed by atoms with E-state index in [1.54, 1.807) is 79.7 Å². The first-order chi connectivity index (χ1) is 20.6. The van der Waals surface area contributed by atoms with Crippen LogP contribution in [0.25, 0.3) is 0 Å². The maximum atomic E-state index is 14.1. The third-order valence-electron chi connectivity index (χ3n) is 6.70. The summed E-state index contributed by atoms with van der Waals surface area (Å²) < 4.78 is 34.8. The summed E-state index contributed by atoms with van der Waals surface area (Å²) in [5.74, 6) is 0.130. The van der Waals surface area contributed by atoms with Crippen molar-refractivity contribution in [2.24, 2.45) is 0 Å². The van der Waals surface area contributed by atoms with E-state index in [-0.39, 0.29) is 29.5 Å². The van der Waals surface area contributed by atoms with Crippen LogP contribution in [0, 0.1) is 0 Å². The van der Waals surface area contributed by atoms with Crippen molar-refractivity contribution in [3.63, 3.8) is 0 Å². The molecule has 4 aromatic carbocycles. The highest BCUT2D eigenvalue weighted by molar-refractivity contribution is 7.92. The van der Waals surface area contributed by atoms with E-state index in [0.717, 1.165) is 4.31 Å². The summed E-state index contributed by atoms with van der Waals surface area (Å²) in [5.41, 5.74) is 0.803. The number of nitrogens with one attached hydrogen (secondary N) is 1. The van der Waals surface area contributed by atoms with E-state index in [0.29, 0.717) is 27.1 Å². The Bertz CT molecular complexity index is 1650. The second-order valence-electron chi connectivity index (χ2n) is 9.53. The third kappa shape index (κ3) is 7.87. The molecule has 0 aliphatic carbocycles. The summed E-state index contributed by atoms with van der Waals surface area (Å²) in [4.78, 5) is 28.3. The van der Waals surface area contributed by atoms with Gasteiger partial charge in [0.15, 0.2) is 0 Å². The molecule has 0 spiro atoms. The number of amides is 2. The number of carbonyl (C=O) groups excluding carboxylic acids is 2. The first-order valence-corrected chi connectivity index (χ1v) is 15.7. The number of ether oxygens (including phenoxy) is 1. The van der Waals surface area contributed by atoms with Crippen LogP contribution >= 0.6 is 23.2 Å². The fraction of sp³-hybridized carbons (Fsp3) is 0.188. The zero-order valence-electron chi connectivity index (χ0n) is 23.6. The number of benzene rings is 4. The molecule has 8 nitrogen and oxygen atoms in total. The highest BCUT2D eigenvalue weighted by atomic mass is 35.5. The lowest BCUT2D eigenvalue weighted by atomic mass is 10.1. The number of likely N-dealkylation sites (N-methyl/N-ethyl adjacent to an activating group) is 1. The lowest BCUT2D eigenvalue weighted by Gasteiger charge is -2.33. The number of carbonyl (C=O) groups is 2. The Labute approximate surface area is 261 Å². The zero-order valence-corrected chi connectivity index (χ0v) is 25.9. The molecule has 0 aliphatic heterocycles. The predicted molar refractivity (Wildman–Crippen MR) is 169 cm³/mol. The Kier molecular flexibility index (Phi) is 10.7. The Morgan fingerprint density at radius 2 is 1.47 bits per heavy atom. The Balaban J connectivity index is 1.72. The summed E-state index contributed by atoms with van der Waals surface area (Å²) in [7, 11) is -2.72. The van der Waals surface area contributed by atoms with Crippen molar-refractivity contribution in [1.82, 2.24) is 10.2 Å². The van der Waals surface area contributed by atoms with E-state index in [2.05, 4.69) is 5.32 Å². The van der Waals surface area contributed by atoms with E-state index in [1.165, 1.54) is 24.1 Å². The molecule has 224 valence electrons. The first-order valence-electron chi connectivity index (χ1n) is 13.5. The molecule has 0 heterocycles. The van der Waals surface area contributed by atoms with Crippen molar-refractivity contribution in [2.45, 2.75) is 30.8 Å². The number of sulfonamides is 1. The van der Waals surface area contributed by atoms with Gasteiger partial charge in [-0.05, 0) is 72.6 Å². The molecule has 43 heavy (non-hydrogen) atoms. The summed E-state index contributed by atoms with van der Waals surface area (Å²) in [6.07, 6.45) is 0.285. The Morgan fingerprint density at radius 3 is 2.05 bits per heavy atom. The number of halogens is 2. The van der Waals surface area contributed by atoms with Gasteiger partial charge in [-0.1, -0.05) is 72.6 Å². The van der Waals surface area contributed by atoms with Crippen LogP contribution in [0.4, 0.5) is 5.69 Å². The molecule has 1 atom stereocenters. The molecule has 0 radical (unpaired) electrons. The van der Waals surface area contributed by atoms with Gasteiger partial charge in [0.1, 0.15) is 24.1 Å². The molecule has 1 unspecified atom stereocenters. The average molecular weight is 641 g/mol. The molecule has 0 fully saturated rings. The highest BCUT2D eigenvalue weighted by Crippen LogP contribution is 2.29. The van der Waals surface area contributed by atoms with Gasteiger partial charge in [-0.3, -0.25) is 13.9 Å². The molecule has 1 N–H and O–H groups in total. The minimum absolute atomic E-state index is 0.0121. The number of hydrogen-bond acceptors (Lipinski definition) is 5. The van der Waals surface area contributed by atoms with Crippen molar-refractivity contribution in [3.05, 3.63) is 119 Å². The van der Waals surface area contributed by atoms with Gasteiger partial charge in [0, 0.05) is 23.6 Å². The molecule has 4 rings (SSSR count). The highest BCUT2D eigenvalue weighted by Gasteiger charge is 2.33. The zero-order chi connectivity index (χ0) is 31.0. The SMILES string of the molecule is CCC(C(=O)NC)N(Cc1ccc(Cl)cc1Cl)C(=O)CN(c1ccc(Oc2ccccc2)cc1)S(=O)(=O)c1ccccc1. The summed E-state index contributed by atoms with van der Waals surface area (Å²) in [5, 5.41) is 3.34. The minimum atomic E-state index is -4.20. The lowest BCUT2D eigenvalue weighted by molar-refractivity contribution is -0.140. The number of rotatable bonds is 12. The van der Waals surface area contributed by atoms with Gasteiger partial charge in [-0.15, -0.1) is 0 Å². The normalized spacial score (nSPS) is 11.8. The maximum absolute atomic E-state index is 14.1. The van der Waals surface area contributed by atoms with Crippen molar-refractivity contribution in [3.8, 4) is 11.5 Å². The first kappa shape index (κ1) is 31.9. The summed E-state index contributed by atoms with van der Waals surface area (Å²) >= 11 is 12.5. The fourth-order valence-electron chi connectivity index (χ4n) is 4.47. The van der Waals surface area contributed by atoms with Crippen molar-refractivity contribution in [1.29, 1.82) is 0 Å². The third-order valence-corrected chi connectivity index (χ3v) is 9.08. The van der Waals surface area contributed by atoms with Crippen LogP contribution in [0.15, 0.2) is 108 Å². The van der Waals surface area contributed by atoms with Crippen LogP contribution < -0.4 is 14.4 Å². The van der Waals surface area contributed by atoms with Crippen LogP contribution in [-0.2, 0) is 26.2 Å². The standard InChI is InChI=1S/C32H31Cl2N3O5S/c1-3-30(32(39)35-2)36(21-23-14-15-24(33)20-29(23)34)31(38)22-37(43(40,41)28-12-8-5-9-13-28)25-16-18-27(19-17-25)42-26-10-6-4-7-11-26/h4-20,30H,3,21-22H2,1-2H3,(H,35,39). The van der Waals surface area contributed by atoms with Crippen LogP contribution in [0.5, 0.6) is 11.5 Å². The van der Waals surface area contributed by atoms with Gasteiger partial charge in [0.05, 0.1) is 10.6 Å². The molecule has 0 bridgehead atoms. The molecular formula is C32H31Cl2N3O5S. The predicted octanol–water partition coefficient (Wildman–Crippen LogP) is 6.53. The Hall–Kier alpha value is -4.05. The summed E-state index contributed by atoms with van der Waals surface area (Å²) in [6.45, 7) is 1.16. The van der Waals surface area contributed by atoms with E-state index >= 15 is 0 Å². The largest absolute Gasteiger partial charge is 0.457 e. The fourth-order valence-corrected chi connectivity index (χ4v) is 6.38. The monoisotopic (exact) mass is 639 g/mol. The van der Waals surface area contributed by atoms with E-state index < -0.39 is 28.5 Å². The van der Waals surface area contributed by atoms with Gasteiger partial charge in [-0.25, -0.2) is 8.42 Å². The number of anilines is 1. The lowest BCUT2D eigenvalue weighted by Crippen LogP contribution is -2.51. The molecule has 0 saturated carbocycles. The van der Waals surface area contributed by atoms with E-state index in [9.17, 15) is 18.0 Å². The van der Waals surface area contributed by atoms with Crippen molar-refractivity contribution < 1.29 is 22.7 Å².